The largest absolute Gasteiger partial charge is 0.486 e. The maximum absolute atomic E-state index is 11.2. The number of fused-ring (bicyclic) bond motifs is 1. The smallest absolute Gasteiger partial charge is 0.320 e. The molecule has 1 aliphatic rings. The van der Waals surface area contributed by atoms with Crippen LogP contribution < -0.4 is 14.8 Å². The molecule has 0 aromatic heterocycles. The van der Waals surface area contributed by atoms with Crippen LogP contribution in [0.3, 0.4) is 0 Å². The fraction of sp³-hybridized carbons (Fsp3) is 0.500. The second-order valence-corrected chi connectivity index (χ2v) is 5.88. The van der Waals surface area contributed by atoms with Crippen molar-refractivity contribution in [3.8, 4) is 11.5 Å². The molecule has 1 aromatic rings. The molecule has 1 unspecified atom stereocenters. The van der Waals surface area contributed by atoms with Crippen LogP contribution in [0.5, 0.6) is 11.5 Å². The van der Waals surface area contributed by atoms with Crippen LogP contribution >= 0.6 is 15.9 Å². The summed E-state index contributed by atoms with van der Waals surface area (Å²) in [5.74, 6) is 0.593. The molecule has 0 bridgehead atoms. The summed E-state index contributed by atoms with van der Waals surface area (Å²) in [6, 6.07) is 3.16. The first-order valence-electron chi connectivity index (χ1n) is 6.53. The van der Waals surface area contributed by atoms with Crippen molar-refractivity contribution in [3.05, 3.63) is 22.2 Å². The number of hydrogen-bond acceptors (Lipinski definition) is 4. The van der Waals surface area contributed by atoms with Gasteiger partial charge in [-0.25, -0.2) is 0 Å². The van der Waals surface area contributed by atoms with E-state index in [0.29, 0.717) is 31.3 Å². The number of aliphatic carboxylic acids is 1. The van der Waals surface area contributed by atoms with Crippen LogP contribution in [0.4, 0.5) is 0 Å². The van der Waals surface area contributed by atoms with Gasteiger partial charge in [0.25, 0.3) is 0 Å². The van der Waals surface area contributed by atoms with Crippen LogP contribution in [-0.2, 0) is 11.3 Å². The molecule has 2 N–H and O–H groups in total. The third-order valence-corrected chi connectivity index (χ3v) is 3.89. The van der Waals surface area contributed by atoms with E-state index in [1.165, 1.54) is 0 Å². The van der Waals surface area contributed by atoms with E-state index in [0.717, 1.165) is 10.0 Å². The third kappa shape index (κ3) is 3.43. The summed E-state index contributed by atoms with van der Waals surface area (Å²) in [6.45, 7) is 5.29. The Kier molecular flexibility index (Phi) is 4.88. The average molecular weight is 344 g/mol. The van der Waals surface area contributed by atoms with E-state index >= 15 is 0 Å². The minimum Gasteiger partial charge on any atom is -0.486 e. The van der Waals surface area contributed by atoms with Gasteiger partial charge in [-0.2, -0.15) is 0 Å². The number of hydrogen-bond donors (Lipinski definition) is 2. The van der Waals surface area contributed by atoms with E-state index in [-0.39, 0.29) is 5.92 Å². The zero-order valence-electron chi connectivity index (χ0n) is 11.5. The SMILES string of the molecule is CC(C)C(NCc1cc2c(cc1Br)OCCO2)C(=O)O. The lowest BCUT2D eigenvalue weighted by atomic mass is 10.0. The molecule has 0 saturated carbocycles. The number of carboxylic acids is 1. The summed E-state index contributed by atoms with van der Waals surface area (Å²) >= 11 is 3.48. The molecule has 0 amide bonds. The third-order valence-electron chi connectivity index (χ3n) is 3.16. The number of nitrogens with one attached hydrogen (secondary N) is 1. The van der Waals surface area contributed by atoms with Crippen molar-refractivity contribution >= 4 is 21.9 Å². The Morgan fingerprint density at radius 1 is 1.35 bits per heavy atom. The van der Waals surface area contributed by atoms with E-state index < -0.39 is 12.0 Å². The van der Waals surface area contributed by atoms with Crippen molar-refractivity contribution < 1.29 is 19.4 Å². The van der Waals surface area contributed by atoms with Crippen LogP contribution in [0.1, 0.15) is 19.4 Å². The Labute approximate surface area is 126 Å². The summed E-state index contributed by atoms with van der Waals surface area (Å²) < 4.78 is 11.9. The summed E-state index contributed by atoms with van der Waals surface area (Å²) in [4.78, 5) is 11.2. The van der Waals surface area contributed by atoms with Gasteiger partial charge in [-0.15, -0.1) is 0 Å². The highest BCUT2D eigenvalue weighted by atomic mass is 79.9. The number of carboxylic acid groups (broad SMARTS) is 1. The van der Waals surface area contributed by atoms with Gasteiger partial charge in [0.05, 0.1) is 0 Å². The molecule has 110 valence electrons. The molecule has 20 heavy (non-hydrogen) atoms. The van der Waals surface area contributed by atoms with Gasteiger partial charge in [0.15, 0.2) is 11.5 Å². The minimum atomic E-state index is -0.839. The van der Waals surface area contributed by atoms with Crippen molar-refractivity contribution in [2.24, 2.45) is 5.92 Å². The monoisotopic (exact) mass is 343 g/mol. The Morgan fingerprint density at radius 2 is 1.95 bits per heavy atom. The lowest BCUT2D eigenvalue weighted by Gasteiger charge is -2.21. The Bertz CT molecular complexity index is 504. The molecule has 0 fully saturated rings. The fourth-order valence-corrected chi connectivity index (χ4v) is 2.53. The van der Waals surface area contributed by atoms with Crippen molar-refractivity contribution in [2.75, 3.05) is 13.2 Å². The summed E-state index contributed by atoms with van der Waals surface area (Å²) in [7, 11) is 0. The zero-order chi connectivity index (χ0) is 14.7. The number of benzene rings is 1. The average Bonchev–Trinajstić information content (AvgIpc) is 2.38. The van der Waals surface area contributed by atoms with E-state index in [9.17, 15) is 4.79 Å². The van der Waals surface area contributed by atoms with Crippen LogP contribution in [0.2, 0.25) is 0 Å². The Morgan fingerprint density at radius 3 is 2.50 bits per heavy atom. The van der Waals surface area contributed by atoms with Gasteiger partial charge in [0.1, 0.15) is 19.3 Å². The zero-order valence-corrected chi connectivity index (χ0v) is 13.1. The predicted octanol–water partition coefficient (Wildman–Crippen LogP) is 2.42. The summed E-state index contributed by atoms with van der Waals surface area (Å²) in [6.07, 6.45) is 0. The number of ether oxygens (including phenoxy) is 2. The molecular weight excluding hydrogens is 326 g/mol. The van der Waals surface area contributed by atoms with Crippen molar-refractivity contribution in [1.29, 1.82) is 0 Å². The first-order chi connectivity index (χ1) is 9.49. The van der Waals surface area contributed by atoms with Gasteiger partial charge in [-0.3, -0.25) is 4.79 Å². The van der Waals surface area contributed by atoms with Crippen molar-refractivity contribution in [3.63, 3.8) is 0 Å². The van der Waals surface area contributed by atoms with Gasteiger partial charge in [0, 0.05) is 11.0 Å². The number of carbonyl (C=O) groups is 1. The topological polar surface area (TPSA) is 67.8 Å². The molecule has 0 spiro atoms. The molecule has 0 aliphatic carbocycles. The lowest BCUT2D eigenvalue weighted by Crippen LogP contribution is -2.40. The maximum atomic E-state index is 11.2. The first kappa shape index (κ1) is 15.1. The minimum absolute atomic E-state index is 0.0171. The number of halogens is 1. The molecule has 5 nitrogen and oxygen atoms in total. The van der Waals surface area contributed by atoms with Gasteiger partial charge >= 0.3 is 5.97 Å². The molecular formula is C14H18BrNO4. The van der Waals surface area contributed by atoms with E-state index in [4.69, 9.17) is 14.6 Å². The highest BCUT2D eigenvalue weighted by molar-refractivity contribution is 9.10. The highest BCUT2D eigenvalue weighted by Gasteiger charge is 2.21. The van der Waals surface area contributed by atoms with Crippen LogP contribution in [0.15, 0.2) is 16.6 Å². The number of rotatable bonds is 5. The molecule has 6 heteroatoms. The van der Waals surface area contributed by atoms with E-state index in [1.54, 1.807) is 0 Å². The predicted molar refractivity (Wildman–Crippen MR) is 78.2 cm³/mol. The van der Waals surface area contributed by atoms with Crippen LogP contribution in [-0.4, -0.2) is 30.3 Å². The highest BCUT2D eigenvalue weighted by Crippen LogP contribution is 2.35. The molecule has 0 saturated heterocycles. The second kappa shape index (κ2) is 6.45. The molecule has 2 rings (SSSR count). The first-order valence-corrected chi connectivity index (χ1v) is 7.32. The van der Waals surface area contributed by atoms with Crippen molar-refractivity contribution in [2.45, 2.75) is 26.4 Å². The Hall–Kier alpha value is -1.27. The normalized spacial score (nSPS) is 15.2. The fourth-order valence-electron chi connectivity index (χ4n) is 2.07. The molecule has 1 aliphatic heterocycles. The van der Waals surface area contributed by atoms with Gasteiger partial charge in [0.2, 0.25) is 0 Å². The van der Waals surface area contributed by atoms with Crippen molar-refractivity contribution in [1.82, 2.24) is 5.32 Å². The molecule has 1 atom stereocenters. The molecule has 1 heterocycles. The van der Waals surface area contributed by atoms with Gasteiger partial charge < -0.3 is 19.9 Å². The summed E-state index contributed by atoms with van der Waals surface area (Å²) in [5, 5.41) is 12.2. The lowest BCUT2D eigenvalue weighted by molar-refractivity contribution is -0.140. The van der Waals surface area contributed by atoms with Crippen LogP contribution in [0.25, 0.3) is 0 Å². The van der Waals surface area contributed by atoms with Crippen LogP contribution in [0, 0.1) is 5.92 Å². The van der Waals surface area contributed by atoms with Gasteiger partial charge in [-0.05, 0) is 23.6 Å². The summed E-state index contributed by atoms with van der Waals surface area (Å²) in [5.41, 5.74) is 0.946. The quantitative estimate of drug-likeness (QED) is 0.859. The second-order valence-electron chi connectivity index (χ2n) is 5.03. The van der Waals surface area contributed by atoms with E-state index in [2.05, 4.69) is 21.2 Å². The Balaban J connectivity index is 2.11. The van der Waals surface area contributed by atoms with E-state index in [1.807, 2.05) is 26.0 Å². The molecule has 1 aromatic carbocycles. The maximum Gasteiger partial charge on any atom is 0.320 e. The standard InChI is InChI=1S/C14H18BrNO4/c1-8(2)13(14(17)18)16-7-9-5-11-12(6-10(9)15)20-4-3-19-11/h5-6,8,13,16H,3-4,7H2,1-2H3,(H,17,18). The van der Waals surface area contributed by atoms with Gasteiger partial charge in [-0.1, -0.05) is 29.8 Å². The molecule has 0 radical (unpaired) electrons.